The van der Waals surface area contributed by atoms with Gasteiger partial charge < -0.3 is 10.7 Å². The van der Waals surface area contributed by atoms with Gasteiger partial charge in [-0.15, -0.1) is 0 Å². The van der Waals surface area contributed by atoms with Crippen molar-refractivity contribution >= 4 is 5.78 Å². The van der Waals surface area contributed by atoms with Crippen molar-refractivity contribution < 1.29 is 4.79 Å². The summed E-state index contributed by atoms with van der Waals surface area (Å²) in [7, 11) is 0. The molecule has 0 fully saturated rings. The van der Waals surface area contributed by atoms with Gasteiger partial charge in [-0.25, -0.2) is 0 Å². The Balaban J connectivity index is 3.46. The Labute approximate surface area is 48.7 Å². The average molecular weight is 116 g/mol. The number of ketones is 1. The molecule has 0 saturated carbocycles. The van der Waals surface area contributed by atoms with Crippen LogP contribution in [0.3, 0.4) is 0 Å². The summed E-state index contributed by atoms with van der Waals surface area (Å²) in [4.78, 5) is 10.5. The minimum atomic E-state index is -0.528. The van der Waals surface area contributed by atoms with Crippen LogP contribution in [0.15, 0.2) is 0 Å². The molecule has 1 N–H and O–H groups in total. The van der Waals surface area contributed by atoms with Gasteiger partial charge in [0.2, 0.25) is 0 Å². The van der Waals surface area contributed by atoms with Crippen LogP contribution in [0.2, 0.25) is 0 Å². The summed E-state index contributed by atoms with van der Waals surface area (Å²) in [5, 5.41) is 9.76. The summed E-state index contributed by atoms with van der Waals surface area (Å²) in [6.45, 7) is 3.29. The molecule has 1 atom stereocenters. The Morgan fingerprint density at radius 3 is 2.50 bits per heavy atom. The van der Waals surface area contributed by atoms with Gasteiger partial charge in [0, 0.05) is 6.42 Å². The molecule has 0 saturated heterocycles. The lowest BCUT2D eigenvalue weighted by molar-refractivity contribution is -0.120. The van der Waals surface area contributed by atoms with Crippen molar-refractivity contribution in [2.45, 2.75) is 26.3 Å². The van der Waals surface area contributed by atoms with Crippen molar-refractivity contribution in [2.24, 2.45) is 0 Å². The summed E-state index contributed by atoms with van der Waals surface area (Å²) in [6.07, 6.45) is 0.427. The van der Waals surface area contributed by atoms with E-state index in [4.69, 9.17) is 0 Å². The largest absolute Gasteiger partial charge is 0.787 e. The highest BCUT2D eigenvalue weighted by molar-refractivity contribution is 5.83. The SMILES string of the molecule is CCC(=O)[C@@H](C)N[O-]. The van der Waals surface area contributed by atoms with E-state index in [1.807, 2.05) is 0 Å². The van der Waals surface area contributed by atoms with Crippen LogP contribution in [0.4, 0.5) is 0 Å². The van der Waals surface area contributed by atoms with Crippen LogP contribution in [-0.2, 0) is 4.79 Å². The molecule has 0 heterocycles. The van der Waals surface area contributed by atoms with Crippen molar-refractivity contribution in [3.05, 3.63) is 5.21 Å². The van der Waals surface area contributed by atoms with Crippen molar-refractivity contribution in [3.8, 4) is 0 Å². The zero-order valence-electron chi connectivity index (χ0n) is 5.10. The van der Waals surface area contributed by atoms with E-state index in [1.165, 1.54) is 0 Å². The summed E-state index contributed by atoms with van der Waals surface area (Å²) < 4.78 is 0. The van der Waals surface area contributed by atoms with Crippen molar-refractivity contribution in [1.29, 1.82) is 0 Å². The van der Waals surface area contributed by atoms with Crippen LogP contribution in [0.25, 0.3) is 0 Å². The maximum Gasteiger partial charge on any atom is 0.148 e. The van der Waals surface area contributed by atoms with Crippen molar-refractivity contribution in [1.82, 2.24) is 5.48 Å². The minimum Gasteiger partial charge on any atom is -0.787 e. The Hall–Kier alpha value is -0.410. The zero-order chi connectivity index (χ0) is 6.57. The number of carbonyl (C=O) groups excluding carboxylic acids is 1. The summed E-state index contributed by atoms with van der Waals surface area (Å²) in [6, 6.07) is -0.528. The molecule has 3 nitrogen and oxygen atoms in total. The van der Waals surface area contributed by atoms with Crippen molar-refractivity contribution in [2.75, 3.05) is 0 Å². The molecule has 0 rings (SSSR count). The maximum atomic E-state index is 10.5. The highest BCUT2D eigenvalue weighted by Gasteiger charge is 2.02. The molecule has 0 aromatic rings. The van der Waals surface area contributed by atoms with Crippen LogP contribution in [0.1, 0.15) is 20.3 Å². The Bertz CT molecular complexity index is 82.5. The van der Waals surface area contributed by atoms with E-state index in [9.17, 15) is 10.0 Å². The van der Waals surface area contributed by atoms with Crippen LogP contribution in [-0.4, -0.2) is 11.8 Å². The number of hydrogen-bond donors (Lipinski definition) is 1. The lowest BCUT2D eigenvalue weighted by Crippen LogP contribution is -2.28. The molecule has 0 aliphatic carbocycles. The number of hydrogen-bond acceptors (Lipinski definition) is 3. The molecule has 0 unspecified atom stereocenters. The number of Topliss-reactive ketones (excluding diaryl/α,β-unsaturated/α-hetero) is 1. The standard InChI is InChI=1S/C5H10NO2/c1-3-5(7)4(2)6-8/h4,6H,3H2,1-2H3/q-1/t4-/m1/s1. The first-order valence-corrected chi connectivity index (χ1v) is 2.62. The first kappa shape index (κ1) is 7.59. The number of rotatable bonds is 3. The van der Waals surface area contributed by atoms with Crippen LogP contribution >= 0.6 is 0 Å². The van der Waals surface area contributed by atoms with Crippen LogP contribution in [0.5, 0.6) is 0 Å². The van der Waals surface area contributed by atoms with Crippen molar-refractivity contribution in [3.63, 3.8) is 0 Å². The van der Waals surface area contributed by atoms with Gasteiger partial charge in [0.15, 0.2) is 0 Å². The van der Waals surface area contributed by atoms with Gasteiger partial charge in [0.25, 0.3) is 0 Å². The molecule has 0 aliphatic heterocycles. The number of nitrogens with one attached hydrogen (secondary N) is 1. The fourth-order valence-electron chi connectivity index (χ4n) is 0.372. The highest BCUT2D eigenvalue weighted by atomic mass is 16.5. The lowest BCUT2D eigenvalue weighted by atomic mass is 10.2. The van der Waals surface area contributed by atoms with Gasteiger partial charge in [-0.05, 0) is 6.92 Å². The van der Waals surface area contributed by atoms with Gasteiger partial charge in [0.1, 0.15) is 5.78 Å². The van der Waals surface area contributed by atoms with E-state index in [0.717, 1.165) is 0 Å². The second-order valence-corrected chi connectivity index (χ2v) is 1.66. The normalized spacial score (nSPS) is 13.4. The van der Waals surface area contributed by atoms with Gasteiger partial charge in [0.05, 0.1) is 6.04 Å². The van der Waals surface area contributed by atoms with E-state index >= 15 is 0 Å². The molecule has 0 bridgehead atoms. The predicted octanol–water partition coefficient (Wildman–Crippen LogP) is 0.441. The third-order valence-electron chi connectivity index (χ3n) is 1.01. The van der Waals surface area contributed by atoms with E-state index in [0.29, 0.717) is 6.42 Å². The molecule has 3 heteroatoms. The quantitative estimate of drug-likeness (QED) is 0.544. The molecular weight excluding hydrogens is 106 g/mol. The predicted molar refractivity (Wildman–Crippen MR) is 31.3 cm³/mol. The van der Waals surface area contributed by atoms with Gasteiger partial charge in [-0.3, -0.25) is 4.79 Å². The van der Waals surface area contributed by atoms with Crippen LogP contribution in [0, 0.1) is 5.21 Å². The first-order chi connectivity index (χ1) is 3.72. The lowest BCUT2D eigenvalue weighted by Gasteiger charge is -2.13. The zero-order valence-corrected chi connectivity index (χ0v) is 5.10. The number of carbonyl (C=O) groups is 1. The Morgan fingerprint density at radius 2 is 2.38 bits per heavy atom. The molecule has 8 heavy (non-hydrogen) atoms. The summed E-state index contributed by atoms with van der Waals surface area (Å²) in [5.41, 5.74) is 1.62. The van der Waals surface area contributed by atoms with E-state index < -0.39 is 6.04 Å². The smallest absolute Gasteiger partial charge is 0.148 e. The van der Waals surface area contributed by atoms with Gasteiger partial charge in [-0.2, -0.15) is 0 Å². The fraction of sp³-hybridized carbons (Fsp3) is 0.800. The van der Waals surface area contributed by atoms with E-state index in [-0.39, 0.29) is 5.78 Å². The van der Waals surface area contributed by atoms with E-state index in [1.54, 1.807) is 19.3 Å². The molecule has 0 aliphatic rings. The molecule has 0 radical (unpaired) electrons. The molecule has 0 spiro atoms. The monoisotopic (exact) mass is 116 g/mol. The van der Waals surface area contributed by atoms with E-state index in [2.05, 4.69) is 0 Å². The van der Waals surface area contributed by atoms with Gasteiger partial charge >= 0.3 is 0 Å². The van der Waals surface area contributed by atoms with Gasteiger partial charge in [-0.1, -0.05) is 6.92 Å². The minimum absolute atomic E-state index is 0.0417. The Kier molecular flexibility index (Phi) is 3.39. The molecule has 0 aromatic heterocycles. The highest BCUT2D eigenvalue weighted by Crippen LogP contribution is 1.87. The summed E-state index contributed by atoms with van der Waals surface area (Å²) >= 11 is 0. The van der Waals surface area contributed by atoms with Crippen LogP contribution < -0.4 is 5.48 Å². The third kappa shape index (κ3) is 2.04. The second-order valence-electron chi connectivity index (χ2n) is 1.66. The molecular formula is C5H10NO2-. The third-order valence-corrected chi connectivity index (χ3v) is 1.01. The topological polar surface area (TPSA) is 52.2 Å². The Morgan fingerprint density at radius 1 is 1.88 bits per heavy atom. The first-order valence-electron chi connectivity index (χ1n) is 2.62. The average Bonchev–Trinajstić information content (AvgIpc) is 1.84. The second kappa shape index (κ2) is 3.57. The fourth-order valence-corrected chi connectivity index (χ4v) is 0.372. The summed E-state index contributed by atoms with van der Waals surface area (Å²) in [5.74, 6) is -0.0417. The maximum absolute atomic E-state index is 10.5. The molecule has 48 valence electrons. The molecule has 0 aromatic carbocycles. The number of hydroxylamine groups is 1. The molecule has 0 amide bonds.